The number of rotatable bonds is 7. The van der Waals surface area contributed by atoms with E-state index < -0.39 is 0 Å². The normalized spacial score (nSPS) is 14.4. The molecule has 0 atom stereocenters. The Labute approximate surface area is 175 Å². The molecule has 8 nitrogen and oxygen atoms in total. The van der Waals surface area contributed by atoms with Crippen LogP contribution >= 0.6 is 0 Å². The lowest BCUT2D eigenvalue weighted by molar-refractivity contribution is -0.133. The molecule has 0 spiro atoms. The van der Waals surface area contributed by atoms with Gasteiger partial charge in [0.2, 0.25) is 5.88 Å². The average molecular weight is 409 g/mol. The average Bonchev–Trinajstić information content (AvgIpc) is 3.26. The lowest BCUT2D eigenvalue weighted by Crippen LogP contribution is -2.50. The highest BCUT2D eigenvalue weighted by Crippen LogP contribution is 2.24. The number of hydrogen-bond donors (Lipinski definition) is 1. The molecular formula is C22H27N5O3. The zero-order valence-corrected chi connectivity index (χ0v) is 17.4. The Hall–Kier alpha value is -3.29. The maximum absolute atomic E-state index is 12.6. The number of ether oxygens (including phenoxy) is 2. The fraction of sp³-hybridized carbons (Fsp3) is 0.409. The number of amides is 1. The van der Waals surface area contributed by atoms with Crippen LogP contribution < -0.4 is 14.4 Å². The molecule has 0 unspecified atom stereocenters. The monoisotopic (exact) mass is 409 g/mol. The number of nitrogens with one attached hydrogen (secondary N) is 1. The maximum Gasteiger partial charge on any atom is 0.260 e. The molecule has 158 valence electrons. The fourth-order valence-corrected chi connectivity index (χ4v) is 3.43. The van der Waals surface area contributed by atoms with Crippen LogP contribution in [0.4, 0.5) is 5.82 Å². The first-order valence-corrected chi connectivity index (χ1v) is 10.3. The number of aromatic amines is 1. The number of nitrogens with zero attached hydrogens (tertiary/aromatic N) is 4. The Kier molecular flexibility index (Phi) is 6.02. The molecule has 1 saturated heterocycles. The summed E-state index contributed by atoms with van der Waals surface area (Å²) < 4.78 is 11.5. The van der Waals surface area contributed by atoms with Crippen LogP contribution in [0.2, 0.25) is 0 Å². The summed E-state index contributed by atoms with van der Waals surface area (Å²) >= 11 is 0. The smallest absolute Gasteiger partial charge is 0.260 e. The summed E-state index contributed by atoms with van der Waals surface area (Å²) in [5.74, 6) is 2.55. The number of aromatic nitrogens is 3. The standard InChI is InChI=1S/C22H27N5O3/c1-16(2)13-30-21-12-20(24-15-25-21)26-8-10-27(11-9-26)22(28)14-29-19-5-3-4-18-17(19)6-7-23-18/h3-7,12,15-16,23H,8-11,13-14H2,1-2H3. The third kappa shape index (κ3) is 4.64. The van der Waals surface area contributed by atoms with Gasteiger partial charge in [-0.1, -0.05) is 19.9 Å². The zero-order chi connectivity index (χ0) is 20.9. The first kappa shape index (κ1) is 20.0. The predicted molar refractivity (Wildman–Crippen MR) is 115 cm³/mol. The van der Waals surface area contributed by atoms with E-state index >= 15 is 0 Å². The molecule has 2 aromatic heterocycles. The summed E-state index contributed by atoms with van der Waals surface area (Å²) in [6.07, 6.45) is 3.39. The summed E-state index contributed by atoms with van der Waals surface area (Å²) in [5.41, 5.74) is 0.996. The van der Waals surface area contributed by atoms with Crippen LogP contribution in [0.1, 0.15) is 13.8 Å². The van der Waals surface area contributed by atoms with Gasteiger partial charge < -0.3 is 24.3 Å². The Morgan fingerprint density at radius 3 is 2.77 bits per heavy atom. The number of carbonyl (C=O) groups is 1. The van der Waals surface area contributed by atoms with E-state index in [0.717, 1.165) is 22.5 Å². The number of carbonyl (C=O) groups excluding carboxylic acids is 1. The summed E-state index contributed by atoms with van der Waals surface area (Å²) in [6, 6.07) is 9.60. The van der Waals surface area contributed by atoms with Crippen molar-refractivity contribution in [2.75, 3.05) is 44.3 Å². The first-order chi connectivity index (χ1) is 14.6. The van der Waals surface area contributed by atoms with Gasteiger partial charge in [0.15, 0.2) is 6.61 Å². The molecular weight excluding hydrogens is 382 g/mol. The molecule has 1 aliphatic heterocycles. The van der Waals surface area contributed by atoms with Gasteiger partial charge in [0.05, 0.1) is 6.61 Å². The van der Waals surface area contributed by atoms with Crippen molar-refractivity contribution in [3.05, 3.63) is 42.9 Å². The number of piperazine rings is 1. The molecule has 8 heteroatoms. The van der Waals surface area contributed by atoms with Crippen molar-refractivity contribution < 1.29 is 14.3 Å². The molecule has 1 amide bonds. The van der Waals surface area contributed by atoms with Crippen molar-refractivity contribution in [1.29, 1.82) is 0 Å². The molecule has 4 rings (SSSR count). The Bertz CT molecular complexity index is 995. The molecule has 0 bridgehead atoms. The molecule has 30 heavy (non-hydrogen) atoms. The minimum Gasteiger partial charge on any atom is -0.483 e. The minimum absolute atomic E-state index is 0.00849. The van der Waals surface area contributed by atoms with Gasteiger partial charge in [-0.25, -0.2) is 9.97 Å². The Morgan fingerprint density at radius 2 is 1.97 bits per heavy atom. The number of anilines is 1. The number of benzene rings is 1. The van der Waals surface area contributed by atoms with Gasteiger partial charge in [-0.15, -0.1) is 0 Å². The first-order valence-electron chi connectivity index (χ1n) is 10.3. The number of H-pyrrole nitrogens is 1. The highest BCUT2D eigenvalue weighted by atomic mass is 16.5. The quantitative estimate of drug-likeness (QED) is 0.646. The lowest BCUT2D eigenvalue weighted by Gasteiger charge is -2.35. The second kappa shape index (κ2) is 9.02. The largest absolute Gasteiger partial charge is 0.483 e. The summed E-state index contributed by atoms with van der Waals surface area (Å²) in [6.45, 7) is 7.52. The van der Waals surface area contributed by atoms with E-state index in [1.54, 1.807) is 0 Å². The van der Waals surface area contributed by atoms with Gasteiger partial charge in [-0.3, -0.25) is 4.79 Å². The molecule has 3 heterocycles. The van der Waals surface area contributed by atoms with E-state index in [-0.39, 0.29) is 12.5 Å². The van der Waals surface area contributed by atoms with Crippen molar-refractivity contribution in [1.82, 2.24) is 19.9 Å². The Morgan fingerprint density at radius 1 is 1.13 bits per heavy atom. The fourth-order valence-electron chi connectivity index (χ4n) is 3.43. The SMILES string of the molecule is CC(C)COc1cc(N2CCN(C(=O)COc3cccc4[nH]ccc34)CC2)ncn1. The second-order valence-corrected chi connectivity index (χ2v) is 7.77. The van der Waals surface area contributed by atoms with Gasteiger partial charge in [-0.05, 0) is 24.1 Å². The van der Waals surface area contributed by atoms with Crippen LogP contribution in [0, 0.1) is 5.92 Å². The van der Waals surface area contributed by atoms with Crippen LogP contribution in [0.15, 0.2) is 42.9 Å². The molecule has 0 radical (unpaired) electrons. The van der Waals surface area contributed by atoms with Crippen LogP contribution in [0.5, 0.6) is 11.6 Å². The molecule has 3 aromatic rings. The summed E-state index contributed by atoms with van der Waals surface area (Å²) in [5, 5.41) is 0.981. The van der Waals surface area contributed by atoms with Crippen LogP contribution in [-0.4, -0.2) is 65.2 Å². The summed E-state index contributed by atoms with van der Waals surface area (Å²) in [4.78, 5) is 28.3. The van der Waals surface area contributed by atoms with Crippen molar-refractivity contribution in [2.24, 2.45) is 5.92 Å². The number of hydrogen-bond acceptors (Lipinski definition) is 6. The zero-order valence-electron chi connectivity index (χ0n) is 17.4. The van der Waals surface area contributed by atoms with E-state index in [9.17, 15) is 4.79 Å². The van der Waals surface area contributed by atoms with E-state index in [2.05, 4.69) is 33.7 Å². The molecule has 1 N–H and O–H groups in total. The van der Waals surface area contributed by atoms with Crippen molar-refractivity contribution >= 4 is 22.6 Å². The minimum atomic E-state index is -0.00849. The van der Waals surface area contributed by atoms with E-state index in [0.29, 0.717) is 44.6 Å². The molecule has 0 saturated carbocycles. The van der Waals surface area contributed by atoms with E-state index in [1.807, 2.05) is 41.4 Å². The van der Waals surface area contributed by atoms with Gasteiger partial charge >= 0.3 is 0 Å². The molecule has 1 aliphatic rings. The molecule has 1 fully saturated rings. The van der Waals surface area contributed by atoms with E-state index in [4.69, 9.17) is 9.47 Å². The number of fused-ring (bicyclic) bond motifs is 1. The van der Waals surface area contributed by atoms with Crippen molar-refractivity contribution in [3.8, 4) is 11.6 Å². The lowest BCUT2D eigenvalue weighted by atomic mass is 10.2. The topological polar surface area (TPSA) is 83.6 Å². The van der Waals surface area contributed by atoms with Crippen LogP contribution in [0.3, 0.4) is 0 Å². The second-order valence-electron chi connectivity index (χ2n) is 7.77. The van der Waals surface area contributed by atoms with Crippen molar-refractivity contribution in [2.45, 2.75) is 13.8 Å². The third-order valence-corrected chi connectivity index (χ3v) is 5.05. The predicted octanol–water partition coefficient (Wildman–Crippen LogP) is 2.72. The van der Waals surface area contributed by atoms with Gasteiger partial charge in [0.1, 0.15) is 17.9 Å². The van der Waals surface area contributed by atoms with Gasteiger partial charge in [-0.2, -0.15) is 0 Å². The highest BCUT2D eigenvalue weighted by Gasteiger charge is 2.23. The van der Waals surface area contributed by atoms with Crippen LogP contribution in [0.25, 0.3) is 10.9 Å². The van der Waals surface area contributed by atoms with E-state index in [1.165, 1.54) is 6.33 Å². The third-order valence-electron chi connectivity index (χ3n) is 5.05. The Balaban J connectivity index is 1.29. The summed E-state index contributed by atoms with van der Waals surface area (Å²) in [7, 11) is 0. The van der Waals surface area contributed by atoms with Gasteiger partial charge in [0, 0.05) is 49.3 Å². The van der Waals surface area contributed by atoms with Crippen LogP contribution in [-0.2, 0) is 4.79 Å². The molecule has 1 aromatic carbocycles. The molecule has 0 aliphatic carbocycles. The van der Waals surface area contributed by atoms with Gasteiger partial charge in [0.25, 0.3) is 5.91 Å². The highest BCUT2D eigenvalue weighted by molar-refractivity contribution is 5.86. The van der Waals surface area contributed by atoms with Crippen molar-refractivity contribution in [3.63, 3.8) is 0 Å². The maximum atomic E-state index is 12.6.